The Morgan fingerprint density at radius 2 is 1.38 bits per heavy atom. The van der Waals surface area contributed by atoms with Crippen molar-refractivity contribution in [1.29, 1.82) is 0 Å². The molecule has 0 saturated carbocycles. The summed E-state index contributed by atoms with van der Waals surface area (Å²) in [5.41, 5.74) is 1.43. The van der Waals surface area contributed by atoms with Crippen LogP contribution >= 0.6 is 0 Å². The summed E-state index contributed by atoms with van der Waals surface area (Å²) in [4.78, 5) is 76.3. The number of rotatable bonds is 5. The second-order valence-corrected chi connectivity index (χ2v) is 8.64. The monoisotopic (exact) mass is 496 g/mol. The molecule has 3 aromatic carbocycles. The number of fused-ring (bicyclic) bond motifs is 2. The highest BCUT2D eigenvalue weighted by Gasteiger charge is 2.33. The number of nitrogens with zero attached hydrogens (tertiary/aromatic N) is 1. The zero-order valence-corrected chi connectivity index (χ0v) is 19.6. The summed E-state index contributed by atoms with van der Waals surface area (Å²) in [5.74, 6) is -2.80. The van der Waals surface area contributed by atoms with Gasteiger partial charge in [0.2, 0.25) is 11.8 Å². The molecule has 0 aromatic heterocycles. The first-order chi connectivity index (χ1) is 17.8. The fourth-order valence-electron chi connectivity index (χ4n) is 4.38. The van der Waals surface area contributed by atoms with E-state index in [4.69, 9.17) is 4.74 Å². The molecule has 1 atom stereocenters. The first-order valence-electron chi connectivity index (χ1n) is 11.6. The smallest absolute Gasteiger partial charge is 0.338 e. The molecule has 9 heteroatoms. The molecule has 37 heavy (non-hydrogen) atoms. The van der Waals surface area contributed by atoms with E-state index < -0.39 is 18.0 Å². The van der Waals surface area contributed by atoms with E-state index in [0.29, 0.717) is 11.3 Å². The van der Waals surface area contributed by atoms with E-state index >= 15 is 0 Å². The number of amides is 3. The maximum atomic E-state index is 13.1. The van der Waals surface area contributed by atoms with Crippen LogP contribution < -0.4 is 10.2 Å². The zero-order valence-electron chi connectivity index (χ0n) is 19.6. The third-order valence-electron chi connectivity index (χ3n) is 6.28. The molecule has 3 amide bonds. The maximum Gasteiger partial charge on any atom is 0.338 e. The first-order valence-corrected chi connectivity index (χ1v) is 11.6. The van der Waals surface area contributed by atoms with Crippen molar-refractivity contribution in [3.8, 4) is 0 Å². The Morgan fingerprint density at radius 3 is 2.03 bits per heavy atom. The van der Waals surface area contributed by atoms with Crippen LogP contribution in [0.15, 0.2) is 66.7 Å². The van der Waals surface area contributed by atoms with Gasteiger partial charge in [-0.1, -0.05) is 36.4 Å². The van der Waals surface area contributed by atoms with Gasteiger partial charge in [0.15, 0.2) is 17.7 Å². The van der Waals surface area contributed by atoms with Crippen LogP contribution in [0.5, 0.6) is 0 Å². The van der Waals surface area contributed by atoms with E-state index in [1.165, 1.54) is 43.3 Å². The van der Waals surface area contributed by atoms with Gasteiger partial charge >= 0.3 is 5.97 Å². The number of hydrogen-bond donors (Lipinski definition) is 1. The van der Waals surface area contributed by atoms with Crippen LogP contribution in [0.1, 0.15) is 62.0 Å². The van der Waals surface area contributed by atoms with Gasteiger partial charge in [0.05, 0.1) is 22.5 Å². The zero-order chi connectivity index (χ0) is 26.3. The lowest BCUT2D eigenvalue weighted by atomic mass is 9.83. The van der Waals surface area contributed by atoms with Gasteiger partial charge in [0, 0.05) is 29.5 Å². The molecule has 1 unspecified atom stereocenters. The molecule has 1 heterocycles. The number of carbonyl (C=O) groups is 6. The number of nitrogens with one attached hydrogen (secondary N) is 1. The Morgan fingerprint density at radius 1 is 0.784 bits per heavy atom. The van der Waals surface area contributed by atoms with Crippen molar-refractivity contribution in [3.63, 3.8) is 0 Å². The fraction of sp³-hybridized carbons (Fsp3) is 0.143. The summed E-state index contributed by atoms with van der Waals surface area (Å²) in [6.45, 7) is 1.38. The molecule has 0 spiro atoms. The van der Waals surface area contributed by atoms with Gasteiger partial charge in [-0.15, -0.1) is 0 Å². The highest BCUT2D eigenvalue weighted by Crippen LogP contribution is 2.32. The van der Waals surface area contributed by atoms with Crippen molar-refractivity contribution in [1.82, 2.24) is 0 Å². The molecule has 1 fully saturated rings. The highest BCUT2D eigenvalue weighted by molar-refractivity contribution is 6.30. The van der Waals surface area contributed by atoms with E-state index in [1.807, 2.05) is 0 Å². The van der Waals surface area contributed by atoms with Crippen LogP contribution in [0.25, 0.3) is 0 Å². The van der Waals surface area contributed by atoms with Crippen molar-refractivity contribution in [3.05, 3.63) is 94.5 Å². The minimum absolute atomic E-state index is 0.0830. The molecule has 1 aliphatic heterocycles. The van der Waals surface area contributed by atoms with Gasteiger partial charge < -0.3 is 10.1 Å². The van der Waals surface area contributed by atoms with Gasteiger partial charge in [-0.05, 0) is 37.3 Å². The molecule has 1 aliphatic carbocycles. The van der Waals surface area contributed by atoms with E-state index in [9.17, 15) is 28.8 Å². The number of anilines is 2. The lowest BCUT2D eigenvalue weighted by Crippen LogP contribution is -2.31. The SMILES string of the molecule is CC(OC(=O)c1ccc(N2C(=O)CCC2=O)cc1)C(=O)Nc1cccc2c1C(=O)c1ccccc1C2=O. The lowest BCUT2D eigenvalue weighted by Gasteiger charge is -2.21. The predicted octanol–water partition coefficient (Wildman–Crippen LogP) is 3.30. The first kappa shape index (κ1) is 23.8. The number of imide groups is 1. The second kappa shape index (κ2) is 9.27. The van der Waals surface area contributed by atoms with Gasteiger partial charge in [-0.25, -0.2) is 4.79 Å². The molecular formula is C28H20N2O7. The quantitative estimate of drug-likeness (QED) is 0.332. The average Bonchev–Trinajstić information content (AvgIpc) is 3.24. The van der Waals surface area contributed by atoms with Crippen LogP contribution in [-0.4, -0.2) is 41.4 Å². The topological polar surface area (TPSA) is 127 Å². The molecular weight excluding hydrogens is 476 g/mol. The summed E-state index contributed by atoms with van der Waals surface area (Å²) in [6, 6.07) is 16.8. The van der Waals surface area contributed by atoms with Crippen LogP contribution in [0, 0.1) is 0 Å². The average molecular weight is 496 g/mol. The molecule has 5 rings (SSSR count). The van der Waals surface area contributed by atoms with Crippen molar-refractivity contribution >= 4 is 46.6 Å². The summed E-state index contributed by atoms with van der Waals surface area (Å²) in [6.07, 6.45) is -0.940. The molecule has 2 aliphatic rings. The Kier molecular flexibility index (Phi) is 5.96. The van der Waals surface area contributed by atoms with E-state index in [2.05, 4.69) is 5.32 Å². The molecule has 0 bridgehead atoms. The molecule has 3 aromatic rings. The van der Waals surface area contributed by atoms with Gasteiger partial charge in [-0.2, -0.15) is 0 Å². The maximum absolute atomic E-state index is 13.1. The normalized spacial score (nSPS) is 15.2. The Hall–Kier alpha value is -4.92. The Balaban J connectivity index is 1.29. The number of benzene rings is 3. The van der Waals surface area contributed by atoms with E-state index in [0.717, 1.165) is 4.90 Å². The van der Waals surface area contributed by atoms with Crippen molar-refractivity contribution < 1.29 is 33.5 Å². The summed E-state index contributed by atoms with van der Waals surface area (Å²) < 4.78 is 5.28. The number of ether oxygens (including phenoxy) is 1. The molecule has 9 nitrogen and oxygen atoms in total. The van der Waals surface area contributed by atoms with Gasteiger partial charge in [-0.3, -0.25) is 28.9 Å². The van der Waals surface area contributed by atoms with E-state index in [-0.39, 0.29) is 64.2 Å². The van der Waals surface area contributed by atoms with Crippen LogP contribution in [0.2, 0.25) is 0 Å². The van der Waals surface area contributed by atoms with Crippen molar-refractivity contribution in [2.75, 3.05) is 10.2 Å². The molecule has 1 saturated heterocycles. The molecule has 1 N–H and O–H groups in total. The van der Waals surface area contributed by atoms with Gasteiger partial charge in [0.1, 0.15) is 0 Å². The van der Waals surface area contributed by atoms with Crippen LogP contribution in [-0.2, 0) is 19.1 Å². The summed E-state index contributed by atoms with van der Waals surface area (Å²) in [5, 5.41) is 2.59. The number of ketones is 2. The number of hydrogen-bond acceptors (Lipinski definition) is 7. The highest BCUT2D eigenvalue weighted by atomic mass is 16.5. The third kappa shape index (κ3) is 4.20. The Bertz CT molecular complexity index is 1490. The predicted molar refractivity (Wildman–Crippen MR) is 131 cm³/mol. The fourth-order valence-corrected chi connectivity index (χ4v) is 4.38. The lowest BCUT2D eigenvalue weighted by molar-refractivity contribution is -0.124. The van der Waals surface area contributed by atoms with E-state index in [1.54, 1.807) is 30.3 Å². The molecule has 184 valence electrons. The minimum atomic E-state index is -1.23. The number of esters is 1. The van der Waals surface area contributed by atoms with Crippen molar-refractivity contribution in [2.24, 2.45) is 0 Å². The Labute approximate surface area is 211 Å². The summed E-state index contributed by atoms with van der Waals surface area (Å²) >= 11 is 0. The number of carbonyl (C=O) groups excluding carboxylic acids is 6. The standard InChI is InChI=1S/C28H20N2O7/c1-15(37-28(36)16-9-11-17(12-10-16)30-22(31)13-14-23(30)32)27(35)29-21-8-4-7-20-24(21)26(34)19-6-3-2-5-18(19)25(20)33/h2-12,15H,13-14H2,1H3,(H,29,35). The van der Waals surface area contributed by atoms with Crippen molar-refractivity contribution in [2.45, 2.75) is 25.9 Å². The minimum Gasteiger partial charge on any atom is -0.449 e. The summed E-state index contributed by atoms with van der Waals surface area (Å²) in [7, 11) is 0. The van der Waals surface area contributed by atoms with Crippen LogP contribution in [0.3, 0.4) is 0 Å². The third-order valence-corrected chi connectivity index (χ3v) is 6.28. The molecule has 0 radical (unpaired) electrons. The van der Waals surface area contributed by atoms with Gasteiger partial charge in [0.25, 0.3) is 5.91 Å². The van der Waals surface area contributed by atoms with Crippen LogP contribution in [0.4, 0.5) is 11.4 Å². The second-order valence-electron chi connectivity index (χ2n) is 8.64. The largest absolute Gasteiger partial charge is 0.449 e.